The molecule has 0 amide bonds. The summed E-state index contributed by atoms with van der Waals surface area (Å²) in [5, 5.41) is 3.96. The van der Waals surface area contributed by atoms with Gasteiger partial charge in [-0.1, -0.05) is 0 Å². The number of nitrogens with one attached hydrogen (secondary N) is 1. The van der Waals surface area contributed by atoms with Crippen LogP contribution in [0.4, 0.5) is 0 Å². The van der Waals surface area contributed by atoms with Gasteiger partial charge in [-0.15, -0.1) is 12.4 Å². The Hall–Kier alpha value is -0.630. The van der Waals surface area contributed by atoms with Crippen LogP contribution >= 0.6 is 12.4 Å². The zero-order chi connectivity index (χ0) is 15.2. The second kappa shape index (κ2) is 6.70. The first-order chi connectivity index (χ1) is 10.7. The number of fused-ring (bicyclic) bond motifs is 1. The molecule has 0 spiro atoms. The SMILES string of the molecule is Cl.O=S(=O)(c1cnc2n1CCC2)N1CCC(C2CCCN2)CC1. The number of piperidine rings is 1. The Morgan fingerprint density at radius 2 is 1.91 bits per heavy atom. The molecule has 23 heavy (non-hydrogen) atoms. The molecule has 4 heterocycles. The lowest BCUT2D eigenvalue weighted by Crippen LogP contribution is -2.43. The molecule has 8 heteroatoms. The number of halogens is 1. The van der Waals surface area contributed by atoms with E-state index < -0.39 is 10.0 Å². The maximum Gasteiger partial charge on any atom is 0.260 e. The third-order valence-corrected chi connectivity index (χ3v) is 7.35. The molecule has 130 valence electrons. The molecule has 0 bridgehead atoms. The van der Waals surface area contributed by atoms with Crippen molar-refractivity contribution in [1.82, 2.24) is 19.2 Å². The molecule has 1 unspecified atom stereocenters. The molecule has 0 aromatic carbocycles. The molecule has 3 aliphatic heterocycles. The van der Waals surface area contributed by atoms with Gasteiger partial charge >= 0.3 is 0 Å². The van der Waals surface area contributed by atoms with E-state index in [2.05, 4.69) is 10.3 Å². The van der Waals surface area contributed by atoms with Gasteiger partial charge in [0, 0.05) is 32.1 Å². The first-order valence-corrected chi connectivity index (χ1v) is 9.88. The summed E-state index contributed by atoms with van der Waals surface area (Å²) in [4.78, 5) is 4.28. The van der Waals surface area contributed by atoms with Crippen LogP contribution in [0.1, 0.15) is 37.9 Å². The molecule has 6 nitrogen and oxygen atoms in total. The molecule has 1 aromatic heterocycles. The van der Waals surface area contributed by atoms with E-state index in [4.69, 9.17) is 0 Å². The Bertz CT molecular complexity index is 646. The van der Waals surface area contributed by atoms with Crippen LogP contribution < -0.4 is 5.32 Å². The minimum atomic E-state index is -3.38. The van der Waals surface area contributed by atoms with E-state index >= 15 is 0 Å². The van der Waals surface area contributed by atoms with Crippen molar-refractivity contribution in [3.05, 3.63) is 12.0 Å². The second-order valence-corrected chi connectivity index (χ2v) is 8.60. The van der Waals surface area contributed by atoms with Crippen LogP contribution in [-0.4, -0.2) is 48.0 Å². The molecule has 0 radical (unpaired) electrons. The number of aromatic nitrogens is 2. The van der Waals surface area contributed by atoms with Crippen LogP contribution in [0.3, 0.4) is 0 Å². The second-order valence-electron chi connectivity index (χ2n) is 6.71. The normalized spacial score (nSPS) is 26.2. The largest absolute Gasteiger partial charge is 0.318 e. The predicted molar refractivity (Wildman–Crippen MR) is 90.3 cm³/mol. The monoisotopic (exact) mass is 360 g/mol. The van der Waals surface area contributed by atoms with Crippen molar-refractivity contribution in [2.45, 2.75) is 56.1 Å². The fraction of sp³-hybridized carbons (Fsp3) is 0.800. The van der Waals surface area contributed by atoms with E-state index in [-0.39, 0.29) is 12.4 Å². The topological polar surface area (TPSA) is 67.2 Å². The van der Waals surface area contributed by atoms with E-state index in [0.29, 0.717) is 30.1 Å². The number of aryl methyl sites for hydroxylation is 1. The molecule has 1 atom stereocenters. The van der Waals surface area contributed by atoms with E-state index in [1.807, 2.05) is 4.57 Å². The highest BCUT2D eigenvalue weighted by Gasteiger charge is 2.35. The van der Waals surface area contributed by atoms with Crippen molar-refractivity contribution in [3.63, 3.8) is 0 Å². The van der Waals surface area contributed by atoms with Crippen LogP contribution in [-0.2, 0) is 23.0 Å². The Morgan fingerprint density at radius 3 is 2.61 bits per heavy atom. The van der Waals surface area contributed by atoms with Gasteiger partial charge < -0.3 is 9.88 Å². The van der Waals surface area contributed by atoms with Crippen molar-refractivity contribution in [2.24, 2.45) is 5.92 Å². The summed E-state index contributed by atoms with van der Waals surface area (Å²) in [7, 11) is -3.38. The molecule has 4 rings (SSSR count). The van der Waals surface area contributed by atoms with Crippen LogP contribution in [0.25, 0.3) is 0 Å². The number of nitrogens with zero attached hydrogens (tertiary/aromatic N) is 3. The molecule has 1 N–H and O–H groups in total. The summed E-state index contributed by atoms with van der Waals surface area (Å²) < 4.78 is 29.3. The standard InChI is InChI=1S/C15H24N4O2S.ClH/c20-22(21,15-11-17-14-4-2-8-19(14)15)18-9-5-12(6-10-18)13-3-1-7-16-13;/h11-13,16H,1-10H2;1H. The van der Waals surface area contributed by atoms with Crippen molar-refractivity contribution in [2.75, 3.05) is 19.6 Å². The number of hydrogen-bond acceptors (Lipinski definition) is 4. The Morgan fingerprint density at radius 1 is 1.13 bits per heavy atom. The lowest BCUT2D eigenvalue weighted by molar-refractivity contribution is 0.233. The smallest absolute Gasteiger partial charge is 0.260 e. The molecule has 2 saturated heterocycles. The number of rotatable bonds is 3. The molecular formula is C15H25ClN4O2S. The van der Waals surface area contributed by atoms with Gasteiger partial charge in [0.1, 0.15) is 5.82 Å². The van der Waals surface area contributed by atoms with Gasteiger partial charge in [-0.3, -0.25) is 0 Å². The summed E-state index contributed by atoms with van der Waals surface area (Å²) in [5.41, 5.74) is 0. The van der Waals surface area contributed by atoms with Crippen LogP contribution in [0.2, 0.25) is 0 Å². The van der Waals surface area contributed by atoms with E-state index in [1.54, 1.807) is 10.5 Å². The lowest BCUT2D eigenvalue weighted by Gasteiger charge is -2.34. The first kappa shape index (κ1) is 17.2. The minimum Gasteiger partial charge on any atom is -0.318 e. The Labute approximate surface area is 144 Å². The van der Waals surface area contributed by atoms with Crippen LogP contribution in [0.5, 0.6) is 0 Å². The summed E-state index contributed by atoms with van der Waals surface area (Å²) >= 11 is 0. The van der Waals surface area contributed by atoms with Gasteiger partial charge in [-0.05, 0) is 44.6 Å². The fourth-order valence-electron chi connectivity index (χ4n) is 4.20. The summed E-state index contributed by atoms with van der Waals surface area (Å²) in [5.74, 6) is 1.55. The fourth-order valence-corrected chi connectivity index (χ4v) is 5.82. The number of sulfonamides is 1. The van der Waals surface area contributed by atoms with E-state index in [9.17, 15) is 8.42 Å². The van der Waals surface area contributed by atoms with Gasteiger partial charge in [-0.25, -0.2) is 13.4 Å². The molecule has 1 aromatic rings. The zero-order valence-corrected chi connectivity index (χ0v) is 14.9. The molecular weight excluding hydrogens is 336 g/mol. The van der Waals surface area contributed by atoms with Crippen molar-refractivity contribution >= 4 is 22.4 Å². The van der Waals surface area contributed by atoms with Crippen molar-refractivity contribution in [3.8, 4) is 0 Å². The number of imidazole rings is 1. The maximum absolute atomic E-state index is 12.9. The van der Waals surface area contributed by atoms with Crippen LogP contribution in [0.15, 0.2) is 11.2 Å². The average Bonchev–Trinajstić information content (AvgIpc) is 3.24. The van der Waals surface area contributed by atoms with E-state index in [0.717, 1.165) is 44.6 Å². The number of hydrogen-bond donors (Lipinski definition) is 1. The zero-order valence-electron chi connectivity index (χ0n) is 13.3. The maximum atomic E-state index is 12.9. The first-order valence-electron chi connectivity index (χ1n) is 8.44. The third kappa shape index (κ3) is 3.04. The van der Waals surface area contributed by atoms with Crippen LogP contribution in [0, 0.1) is 5.92 Å². The summed E-state index contributed by atoms with van der Waals surface area (Å²) in [6.07, 6.45) is 7.88. The Balaban J connectivity index is 0.00000156. The van der Waals surface area contributed by atoms with Crippen molar-refractivity contribution in [1.29, 1.82) is 0 Å². The quantitative estimate of drug-likeness (QED) is 0.884. The predicted octanol–water partition coefficient (Wildman–Crippen LogP) is 1.40. The molecule has 0 aliphatic carbocycles. The van der Waals surface area contributed by atoms with Gasteiger partial charge in [-0.2, -0.15) is 4.31 Å². The minimum absolute atomic E-state index is 0. The van der Waals surface area contributed by atoms with Gasteiger partial charge in [0.15, 0.2) is 5.03 Å². The van der Waals surface area contributed by atoms with Gasteiger partial charge in [0.05, 0.1) is 6.20 Å². The summed E-state index contributed by atoms with van der Waals surface area (Å²) in [6, 6.07) is 0.601. The highest BCUT2D eigenvalue weighted by molar-refractivity contribution is 7.89. The molecule has 0 saturated carbocycles. The van der Waals surface area contributed by atoms with E-state index in [1.165, 1.54) is 12.8 Å². The average molecular weight is 361 g/mol. The highest BCUT2D eigenvalue weighted by atomic mass is 35.5. The molecule has 2 fully saturated rings. The van der Waals surface area contributed by atoms with Gasteiger partial charge in [0.25, 0.3) is 10.0 Å². The molecule has 3 aliphatic rings. The summed E-state index contributed by atoms with van der Waals surface area (Å²) in [6.45, 7) is 3.19. The van der Waals surface area contributed by atoms with Gasteiger partial charge in [0.2, 0.25) is 0 Å². The van der Waals surface area contributed by atoms with Crippen molar-refractivity contribution < 1.29 is 8.42 Å². The third-order valence-electron chi connectivity index (χ3n) is 5.45. The Kier molecular flexibility index (Phi) is 5.01. The lowest BCUT2D eigenvalue weighted by atomic mass is 9.89. The highest BCUT2D eigenvalue weighted by Crippen LogP contribution is 2.30.